The molecule has 0 aliphatic heterocycles. The first-order chi connectivity index (χ1) is 10.0. The number of anilines is 1. The molecule has 0 heterocycles. The Morgan fingerprint density at radius 1 is 1.24 bits per heavy atom. The lowest BCUT2D eigenvalue weighted by molar-refractivity contribution is 0.318. The van der Waals surface area contributed by atoms with Crippen LogP contribution in [0.5, 0.6) is 11.5 Å². The fourth-order valence-electron chi connectivity index (χ4n) is 1.84. The summed E-state index contributed by atoms with van der Waals surface area (Å²) < 4.78 is 32.3. The van der Waals surface area contributed by atoms with Crippen LogP contribution in [0.4, 0.5) is 14.5 Å². The van der Waals surface area contributed by atoms with Crippen molar-refractivity contribution < 1.29 is 18.6 Å². The van der Waals surface area contributed by atoms with Crippen LogP contribution in [0.15, 0.2) is 34.8 Å². The van der Waals surface area contributed by atoms with Crippen LogP contribution in [-0.4, -0.2) is 11.7 Å². The molecular weight excluding hydrogens is 344 g/mol. The highest BCUT2D eigenvalue weighted by Crippen LogP contribution is 2.29. The summed E-state index contributed by atoms with van der Waals surface area (Å²) in [6, 6.07) is 6.88. The van der Waals surface area contributed by atoms with Gasteiger partial charge in [0.15, 0.2) is 11.5 Å². The average molecular weight is 358 g/mol. The number of phenolic OH excluding ortho intramolecular Hbond substituents is 1. The number of halogens is 3. The second-order valence-corrected chi connectivity index (χ2v) is 5.19. The lowest BCUT2D eigenvalue weighted by atomic mass is 10.2. The molecule has 112 valence electrons. The van der Waals surface area contributed by atoms with E-state index in [0.717, 1.165) is 11.6 Å². The van der Waals surface area contributed by atoms with Crippen LogP contribution in [0.1, 0.15) is 12.5 Å². The lowest BCUT2D eigenvalue weighted by Crippen LogP contribution is -2.03. The van der Waals surface area contributed by atoms with Crippen molar-refractivity contribution in [1.82, 2.24) is 0 Å². The smallest absolute Gasteiger partial charge is 0.161 e. The molecule has 0 atom stereocenters. The van der Waals surface area contributed by atoms with Crippen molar-refractivity contribution >= 4 is 21.6 Å². The second kappa shape index (κ2) is 6.76. The first-order valence-corrected chi connectivity index (χ1v) is 7.13. The highest BCUT2D eigenvalue weighted by atomic mass is 79.9. The number of hydrogen-bond donors (Lipinski definition) is 2. The molecule has 0 saturated heterocycles. The first kappa shape index (κ1) is 15.6. The van der Waals surface area contributed by atoms with E-state index < -0.39 is 11.6 Å². The predicted molar refractivity (Wildman–Crippen MR) is 80.7 cm³/mol. The second-order valence-electron chi connectivity index (χ2n) is 4.33. The quantitative estimate of drug-likeness (QED) is 0.830. The van der Waals surface area contributed by atoms with E-state index in [1.54, 1.807) is 12.1 Å². The first-order valence-electron chi connectivity index (χ1n) is 6.34. The summed E-state index contributed by atoms with van der Waals surface area (Å²) >= 11 is 3.12. The number of ether oxygens (including phenoxy) is 1. The Kier molecular flexibility index (Phi) is 5.01. The van der Waals surface area contributed by atoms with Gasteiger partial charge in [0.2, 0.25) is 0 Å². The van der Waals surface area contributed by atoms with Gasteiger partial charge in [-0.25, -0.2) is 8.78 Å². The summed E-state index contributed by atoms with van der Waals surface area (Å²) in [7, 11) is 0. The molecule has 2 aromatic carbocycles. The van der Waals surface area contributed by atoms with Crippen molar-refractivity contribution in [2.24, 2.45) is 0 Å². The number of aromatic hydroxyl groups is 1. The SMILES string of the molecule is CCOc1cc(CNc2c(F)cc(F)cc2Br)ccc1O. The van der Waals surface area contributed by atoms with Crippen LogP contribution < -0.4 is 10.1 Å². The van der Waals surface area contributed by atoms with Crippen LogP contribution in [0.25, 0.3) is 0 Å². The molecule has 0 aliphatic carbocycles. The Labute approximate surface area is 129 Å². The molecule has 21 heavy (non-hydrogen) atoms. The molecule has 0 saturated carbocycles. The van der Waals surface area contributed by atoms with Gasteiger partial charge in [-0.3, -0.25) is 0 Å². The summed E-state index contributed by atoms with van der Waals surface area (Å²) in [5.74, 6) is -0.899. The Bertz CT molecular complexity index is 627. The van der Waals surface area contributed by atoms with Crippen LogP contribution in [0, 0.1) is 11.6 Å². The molecule has 0 fully saturated rings. The Hall–Kier alpha value is -1.82. The van der Waals surface area contributed by atoms with Gasteiger partial charge in [0.05, 0.1) is 12.3 Å². The van der Waals surface area contributed by atoms with Crippen molar-refractivity contribution in [2.75, 3.05) is 11.9 Å². The molecule has 0 aliphatic rings. The van der Waals surface area contributed by atoms with Gasteiger partial charge in [0.25, 0.3) is 0 Å². The third kappa shape index (κ3) is 3.85. The fourth-order valence-corrected chi connectivity index (χ4v) is 2.39. The third-order valence-electron chi connectivity index (χ3n) is 2.80. The average Bonchev–Trinajstić information content (AvgIpc) is 2.41. The Morgan fingerprint density at radius 2 is 2.00 bits per heavy atom. The van der Waals surface area contributed by atoms with E-state index in [9.17, 15) is 13.9 Å². The number of nitrogens with one attached hydrogen (secondary N) is 1. The van der Waals surface area contributed by atoms with E-state index in [-0.39, 0.29) is 11.4 Å². The van der Waals surface area contributed by atoms with Gasteiger partial charge in [-0.2, -0.15) is 0 Å². The minimum atomic E-state index is -0.675. The van der Waals surface area contributed by atoms with E-state index in [2.05, 4.69) is 21.2 Å². The summed E-state index contributed by atoms with van der Waals surface area (Å²) in [5, 5.41) is 12.5. The monoisotopic (exact) mass is 357 g/mol. The zero-order valence-electron chi connectivity index (χ0n) is 11.3. The van der Waals surface area contributed by atoms with Crippen LogP contribution in [-0.2, 0) is 6.54 Å². The van der Waals surface area contributed by atoms with Gasteiger partial charge < -0.3 is 15.2 Å². The molecule has 3 nitrogen and oxygen atoms in total. The van der Waals surface area contributed by atoms with Crippen LogP contribution >= 0.6 is 15.9 Å². The molecular formula is C15H14BrF2NO2. The zero-order chi connectivity index (χ0) is 15.4. The normalized spacial score (nSPS) is 10.5. The summed E-state index contributed by atoms with van der Waals surface area (Å²) in [4.78, 5) is 0. The highest BCUT2D eigenvalue weighted by Gasteiger charge is 2.10. The number of rotatable bonds is 5. The zero-order valence-corrected chi connectivity index (χ0v) is 12.9. The van der Waals surface area contributed by atoms with Crippen LogP contribution in [0.2, 0.25) is 0 Å². The molecule has 2 aromatic rings. The van der Waals surface area contributed by atoms with E-state index >= 15 is 0 Å². The van der Waals surface area contributed by atoms with E-state index in [1.165, 1.54) is 12.1 Å². The van der Waals surface area contributed by atoms with E-state index in [0.29, 0.717) is 23.4 Å². The fraction of sp³-hybridized carbons (Fsp3) is 0.200. The van der Waals surface area contributed by atoms with Gasteiger partial charge in [-0.05, 0) is 46.6 Å². The van der Waals surface area contributed by atoms with Crippen molar-refractivity contribution in [3.8, 4) is 11.5 Å². The predicted octanol–water partition coefficient (Wildman–Crippen LogP) is 4.44. The highest BCUT2D eigenvalue weighted by molar-refractivity contribution is 9.10. The molecule has 2 N–H and O–H groups in total. The van der Waals surface area contributed by atoms with Crippen molar-refractivity contribution in [1.29, 1.82) is 0 Å². The molecule has 0 radical (unpaired) electrons. The molecule has 0 bridgehead atoms. The molecule has 6 heteroatoms. The van der Waals surface area contributed by atoms with Crippen molar-refractivity contribution in [3.05, 3.63) is 52.0 Å². The Balaban J connectivity index is 2.15. The van der Waals surface area contributed by atoms with Crippen molar-refractivity contribution in [3.63, 3.8) is 0 Å². The van der Waals surface area contributed by atoms with E-state index in [4.69, 9.17) is 4.74 Å². The molecule has 0 amide bonds. The standard InChI is InChI=1S/C15H14BrF2NO2/c1-2-21-14-5-9(3-4-13(14)20)8-19-15-11(16)6-10(17)7-12(15)18/h3-7,19-20H,2,8H2,1H3. The van der Waals surface area contributed by atoms with Gasteiger partial charge in [0.1, 0.15) is 11.6 Å². The number of benzene rings is 2. The molecule has 0 unspecified atom stereocenters. The minimum Gasteiger partial charge on any atom is -0.504 e. The summed E-state index contributed by atoms with van der Waals surface area (Å²) in [5.41, 5.74) is 0.981. The maximum atomic E-state index is 13.7. The van der Waals surface area contributed by atoms with Crippen molar-refractivity contribution in [2.45, 2.75) is 13.5 Å². The lowest BCUT2D eigenvalue weighted by Gasteiger charge is -2.12. The maximum Gasteiger partial charge on any atom is 0.161 e. The van der Waals surface area contributed by atoms with Gasteiger partial charge in [-0.15, -0.1) is 0 Å². The largest absolute Gasteiger partial charge is 0.504 e. The van der Waals surface area contributed by atoms with E-state index in [1.807, 2.05) is 6.92 Å². The topological polar surface area (TPSA) is 41.5 Å². The van der Waals surface area contributed by atoms with Gasteiger partial charge in [0, 0.05) is 17.1 Å². The Morgan fingerprint density at radius 3 is 2.67 bits per heavy atom. The van der Waals surface area contributed by atoms with Gasteiger partial charge in [-0.1, -0.05) is 6.07 Å². The van der Waals surface area contributed by atoms with Gasteiger partial charge >= 0.3 is 0 Å². The number of hydrogen-bond acceptors (Lipinski definition) is 3. The summed E-state index contributed by atoms with van der Waals surface area (Å²) in [6.45, 7) is 2.56. The third-order valence-corrected chi connectivity index (χ3v) is 3.43. The molecule has 0 aromatic heterocycles. The molecule has 0 spiro atoms. The maximum absolute atomic E-state index is 13.7. The minimum absolute atomic E-state index is 0.0507. The number of phenols is 1. The summed E-state index contributed by atoms with van der Waals surface area (Å²) in [6.07, 6.45) is 0. The molecule has 2 rings (SSSR count). The van der Waals surface area contributed by atoms with Crippen LogP contribution in [0.3, 0.4) is 0 Å².